The second kappa shape index (κ2) is 11.3. The third-order valence-corrected chi connectivity index (χ3v) is 6.84. The van der Waals surface area contributed by atoms with Crippen LogP contribution < -0.4 is 14.9 Å². The number of carbonyl (C=O) groups excluding carboxylic acids is 2. The van der Waals surface area contributed by atoms with Gasteiger partial charge in [-0.1, -0.05) is 41.9 Å². The second-order valence-electron chi connectivity index (χ2n) is 8.21. The Morgan fingerprint density at radius 2 is 1.68 bits per heavy atom. The maximum absolute atomic E-state index is 12.9. The van der Waals surface area contributed by atoms with Crippen molar-refractivity contribution in [1.82, 2.24) is 5.32 Å². The summed E-state index contributed by atoms with van der Waals surface area (Å²) in [6, 6.07) is 23.3. The molecule has 2 N–H and O–H groups in total. The van der Waals surface area contributed by atoms with E-state index in [0.29, 0.717) is 38.8 Å². The maximum atomic E-state index is 12.9. The topological polar surface area (TPSA) is 109 Å². The first-order valence-electron chi connectivity index (χ1n) is 11.2. The Morgan fingerprint density at radius 1 is 0.919 bits per heavy atom. The van der Waals surface area contributed by atoms with Crippen molar-refractivity contribution in [3.63, 3.8) is 0 Å². The fourth-order valence-corrected chi connectivity index (χ4v) is 4.68. The molecular weight excluding hydrogens is 514 g/mol. The minimum Gasteiger partial charge on any atom is -0.467 e. The molecular formula is C27H24ClN3O5S. The van der Waals surface area contributed by atoms with E-state index in [2.05, 4.69) is 10.6 Å². The molecule has 37 heavy (non-hydrogen) atoms. The minimum atomic E-state index is -3.58. The van der Waals surface area contributed by atoms with Crippen LogP contribution in [0.15, 0.2) is 95.6 Å². The number of furan rings is 1. The monoisotopic (exact) mass is 537 g/mol. The lowest BCUT2D eigenvalue weighted by molar-refractivity contribution is 0.0949. The molecule has 4 aromatic rings. The summed E-state index contributed by atoms with van der Waals surface area (Å²) in [4.78, 5) is 25.6. The molecule has 1 heterocycles. The van der Waals surface area contributed by atoms with Gasteiger partial charge in [-0.2, -0.15) is 0 Å². The van der Waals surface area contributed by atoms with E-state index in [1.807, 2.05) is 0 Å². The Balaban J connectivity index is 1.45. The van der Waals surface area contributed by atoms with Gasteiger partial charge in [0.1, 0.15) is 5.76 Å². The third-order valence-electron chi connectivity index (χ3n) is 5.46. The van der Waals surface area contributed by atoms with Crippen molar-refractivity contribution in [1.29, 1.82) is 0 Å². The smallest absolute Gasteiger partial charge is 0.255 e. The van der Waals surface area contributed by atoms with Crippen LogP contribution in [-0.4, -0.2) is 26.5 Å². The summed E-state index contributed by atoms with van der Waals surface area (Å²) in [5, 5.41) is 5.96. The average molecular weight is 538 g/mol. The van der Waals surface area contributed by atoms with Gasteiger partial charge in [-0.25, -0.2) is 8.42 Å². The molecule has 0 aliphatic rings. The fraction of sp³-hybridized carbons (Fsp3) is 0.111. The molecule has 0 radical (unpaired) electrons. The number of sulfonamides is 1. The molecule has 0 atom stereocenters. The first-order chi connectivity index (χ1) is 17.7. The number of halogens is 1. The zero-order chi connectivity index (χ0) is 26.4. The molecule has 4 rings (SSSR count). The molecule has 8 nitrogen and oxygen atoms in total. The van der Waals surface area contributed by atoms with E-state index < -0.39 is 15.9 Å². The van der Waals surface area contributed by atoms with Crippen LogP contribution >= 0.6 is 11.6 Å². The van der Waals surface area contributed by atoms with Crippen molar-refractivity contribution in [3.05, 3.63) is 119 Å². The largest absolute Gasteiger partial charge is 0.467 e. The van der Waals surface area contributed by atoms with Crippen molar-refractivity contribution < 1.29 is 22.4 Å². The molecule has 10 heteroatoms. The molecule has 0 aliphatic carbocycles. The van der Waals surface area contributed by atoms with E-state index in [1.54, 1.807) is 84.9 Å². The molecule has 0 unspecified atom stereocenters. The molecule has 0 bridgehead atoms. The summed E-state index contributed by atoms with van der Waals surface area (Å²) in [6.07, 6.45) is 2.65. The van der Waals surface area contributed by atoms with Crippen LogP contribution in [0.5, 0.6) is 0 Å². The molecule has 0 fully saturated rings. The van der Waals surface area contributed by atoms with Crippen LogP contribution in [0.4, 0.5) is 11.4 Å². The van der Waals surface area contributed by atoms with Gasteiger partial charge < -0.3 is 15.1 Å². The average Bonchev–Trinajstić information content (AvgIpc) is 3.39. The van der Waals surface area contributed by atoms with Gasteiger partial charge in [-0.15, -0.1) is 0 Å². The lowest BCUT2D eigenvalue weighted by Gasteiger charge is -2.22. The van der Waals surface area contributed by atoms with Crippen molar-refractivity contribution >= 4 is 44.8 Å². The first kappa shape index (κ1) is 26.0. The quantitative estimate of drug-likeness (QED) is 0.309. The summed E-state index contributed by atoms with van der Waals surface area (Å²) < 4.78 is 31.3. The van der Waals surface area contributed by atoms with Crippen LogP contribution in [0.25, 0.3) is 0 Å². The van der Waals surface area contributed by atoms with Gasteiger partial charge in [0.2, 0.25) is 10.0 Å². The predicted molar refractivity (Wildman–Crippen MR) is 143 cm³/mol. The number of carbonyl (C=O) groups is 2. The van der Waals surface area contributed by atoms with Crippen LogP contribution in [0, 0.1) is 0 Å². The third kappa shape index (κ3) is 6.78. The normalized spacial score (nSPS) is 11.1. The zero-order valence-electron chi connectivity index (χ0n) is 19.8. The number of rotatable bonds is 9. The minimum absolute atomic E-state index is 0.0692. The van der Waals surface area contributed by atoms with Gasteiger partial charge in [0.05, 0.1) is 42.5 Å². The number of nitrogens with zero attached hydrogens (tertiary/aromatic N) is 1. The zero-order valence-corrected chi connectivity index (χ0v) is 21.4. The van der Waals surface area contributed by atoms with E-state index >= 15 is 0 Å². The van der Waals surface area contributed by atoms with Gasteiger partial charge in [-0.3, -0.25) is 13.9 Å². The molecule has 2 amide bonds. The molecule has 0 saturated carbocycles. The molecule has 0 aliphatic heterocycles. The van der Waals surface area contributed by atoms with Crippen LogP contribution in [0.2, 0.25) is 5.02 Å². The summed E-state index contributed by atoms with van der Waals surface area (Å²) in [5.74, 6) is -0.156. The van der Waals surface area contributed by atoms with E-state index in [1.165, 1.54) is 10.6 Å². The van der Waals surface area contributed by atoms with E-state index in [4.69, 9.17) is 16.0 Å². The highest BCUT2D eigenvalue weighted by Crippen LogP contribution is 2.24. The highest BCUT2D eigenvalue weighted by molar-refractivity contribution is 7.92. The van der Waals surface area contributed by atoms with Crippen LogP contribution in [0.1, 0.15) is 32.0 Å². The summed E-state index contributed by atoms with van der Waals surface area (Å²) in [5.41, 5.74) is 2.14. The number of anilines is 2. The molecule has 1 aromatic heterocycles. The lowest BCUT2D eigenvalue weighted by Crippen LogP contribution is -2.29. The van der Waals surface area contributed by atoms with E-state index in [0.717, 1.165) is 6.26 Å². The number of nitrogens with one attached hydrogen (secondary N) is 2. The van der Waals surface area contributed by atoms with Crippen LogP contribution in [-0.2, 0) is 23.1 Å². The Kier molecular flexibility index (Phi) is 7.95. The first-order valence-corrected chi connectivity index (χ1v) is 13.5. The molecule has 190 valence electrons. The van der Waals surface area contributed by atoms with E-state index in [-0.39, 0.29) is 19.0 Å². The van der Waals surface area contributed by atoms with E-state index in [9.17, 15) is 18.0 Å². The van der Waals surface area contributed by atoms with Gasteiger partial charge in [-0.05, 0) is 60.2 Å². The molecule has 0 spiro atoms. The highest BCUT2D eigenvalue weighted by Gasteiger charge is 2.19. The van der Waals surface area contributed by atoms with Gasteiger partial charge in [0.25, 0.3) is 11.8 Å². The standard InChI is InChI=1S/C27H24ClN3O5S/c1-37(34,35)31(22-7-4-6-21(28)16-22)18-19-11-13-20(14-12-19)26(32)30-25-10-3-2-9-24(25)27(33)29-17-23-8-5-15-36-23/h2-16H,17-18H2,1H3,(H,29,33)(H,30,32). The Labute approximate surface area is 219 Å². The predicted octanol–water partition coefficient (Wildman–Crippen LogP) is 5.08. The number of benzene rings is 3. The summed E-state index contributed by atoms with van der Waals surface area (Å²) in [7, 11) is -3.58. The lowest BCUT2D eigenvalue weighted by atomic mass is 10.1. The van der Waals surface area contributed by atoms with Crippen molar-refractivity contribution in [3.8, 4) is 0 Å². The fourth-order valence-electron chi connectivity index (χ4n) is 3.62. The Morgan fingerprint density at radius 3 is 2.35 bits per heavy atom. The van der Waals surface area contributed by atoms with Crippen molar-refractivity contribution in [2.24, 2.45) is 0 Å². The van der Waals surface area contributed by atoms with Gasteiger partial charge in [0, 0.05) is 10.6 Å². The van der Waals surface area contributed by atoms with Gasteiger partial charge in [0.15, 0.2) is 0 Å². The van der Waals surface area contributed by atoms with Crippen LogP contribution in [0.3, 0.4) is 0 Å². The Bertz CT molecular complexity index is 1500. The van der Waals surface area contributed by atoms with Crippen molar-refractivity contribution in [2.75, 3.05) is 15.9 Å². The second-order valence-corrected chi connectivity index (χ2v) is 10.6. The Hall–Kier alpha value is -4.08. The summed E-state index contributed by atoms with van der Waals surface area (Å²) in [6.45, 7) is 0.287. The SMILES string of the molecule is CS(=O)(=O)N(Cc1ccc(C(=O)Nc2ccccc2C(=O)NCc2ccco2)cc1)c1cccc(Cl)c1. The van der Waals surface area contributed by atoms with Crippen molar-refractivity contribution in [2.45, 2.75) is 13.1 Å². The number of hydrogen-bond acceptors (Lipinski definition) is 5. The number of hydrogen-bond donors (Lipinski definition) is 2. The molecule has 3 aromatic carbocycles. The van der Waals surface area contributed by atoms with Gasteiger partial charge >= 0.3 is 0 Å². The summed E-state index contributed by atoms with van der Waals surface area (Å²) >= 11 is 6.04. The molecule has 0 saturated heterocycles. The number of amides is 2. The highest BCUT2D eigenvalue weighted by atomic mass is 35.5. The maximum Gasteiger partial charge on any atom is 0.255 e. The number of para-hydroxylation sites is 1.